The maximum atomic E-state index is 14.4. The molecule has 4 aromatic rings. The van der Waals surface area contributed by atoms with E-state index in [1.807, 2.05) is 42.7 Å². The normalized spacial score (nSPS) is 18.5. The molecule has 232 valence electrons. The number of esters is 1. The van der Waals surface area contributed by atoms with Crippen molar-refractivity contribution in [3.05, 3.63) is 60.4 Å². The van der Waals surface area contributed by atoms with Gasteiger partial charge in [-0.05, 0) is 58.5 Å². The second-order valence-corrected chi connectivity index (χ2v) is 11.3. The summed E-state index contributed by atoms with van der Waals surface area (Å²) < 4.78 is 108. The number of benzene rings is 2. The number of carbonyl (C=O) groups excluding carboxylic acids is 1. The van der Waals surface area contributed by atoms with Gasteiger partial charge in [-0.15, -0.1) is 0 Å². The lowest BCUT2D eigenvalue weighted by atomic mass is 10.1. The summed E-state index contributed by atoms with van der Waals surface area (Å²) in [4.78, 5) is 22.5. The number of nitrogens with one attached hydrogen (secondary N) is 1. The largest absolute Gasteiger partial charge is 0.462 e. The van der Waals surface area contributed by atoms with Gasteiger partial charge in [-0.25, -0.2) is 14.5 Å². The van der Waals surface area contributed by atoms with Crippen molar-refractivity contribution in [1.82, 2.24) is 19.6 Å². The number of nitrogens with zero attached hydrogens (tertiary/aromatic N) is 3. The first-order valence-corrected chi connectivity index (χ1v) is 15.4. The lowest BCUT2D eigenvalue weighted by Gasteiger charge is -2.25. The summed E-state index contributed by atoms with van der Waals surface area (Å²) >= 11 is 0. The highest BCUT2D eigenvalue weighted by atomic mass is 31.2. The Morgan fingerprint density at radius 2 is 1.84 bits per heavy atom. The smallest absolute Gasteiger partial charge is 0.459 e. The molecule has 0 spiro atoms. The molecule has 3 N–H and O–H groups in total. The van der Waals surface area contributed by atoms with E-state index in [9.17, 15) is 9.36 Å². The number of fused-ring (bicyclic) bond motifs is 3. The highest BCUT2D eigenvalue weighted by Gasteiger charge is 2.33. The van der Waals surface area contributed by atoms with Crippen molar-refractivity contribution in [3.8, 4) is 5.75 Å². The Morgan fingerprint density at radius 3 is 2.56 bits per heavy atom. The number of anilines is 1. The van der Waals surface area contributed by atoms with Gasteiger partial charge in [0.2, 0.25) is 0 Å². The molecule has 12 heteroatoms. The average molecular weight is 621 g/mol. The van der Waals surface area contributed by atoms with Gasteiger partial charge in [0, 0.05) is 30.4 Å². The zero-order valence-corrected chi connectivity index (χ0v) is 24.9. The molecular weight excluding hydrogens is 569 g/mol. The second kappa shape index (κ2) is 14.8. The van der Waals surface area contributed by atoms with Gasteiger partial charge in [0.05, 0.1) is 23.7 Å². The maximum absolute atomic E-state index is 14.4. The van der Waals surface area contributed by atoms with Gasteiger partial charge < -0.3 is 24.3 Å². The van der Waals surface area contributed by atoms with E-state index in [1.54, 1.807) is 18.2 Å². The molecule has 0 aliphatic carbocycles. The van der Waals surface area contributed by atoms with Gasteiger partial charge in [0.1, 0.15) is 29.7 Å². The van der Waals surface area contributed by atoms with Gasteiger partial charge in [0.15, 0.2) is 5.82 Å². The Hall–Kier alpha value is -3.50. The summed E-state index contributed by atoms with van der Waals surface area (Å²) in [5.74, 6) is -1.03. The van der Waals surface area contributed by atoms with Crippen LogP contribution >= 0.6 is 7.75 Å². The molecule has 43 heavy (non-hydrogen) atoms. The summed E-state index contributed by atoms with van der Waals surface area (Å²) in [5.41, 5.74) is 8.19. The zero-order valence-electron chi connectivity index (χ0n) is 33.0. The van der Waals surface area contributed by atoms with Crippen LogP contribution in [0, 0.1) is 0 Å². The van der Waals surface area contributed by atoms with Crippen molar-refractivity contribution in [3.63, 3.8) is 0 Å². The molecule has 0 saturated carbocycles. The summed E-state index contributed by atoms with van der Waals surface area (Å²) in [7, 11) is -4.82. The Labute approximate surface area is 265 Å². The van der Waals surface area contributed by atoms with Gasteiger partial charge >= 0.3 is 13.7 Å². The number of para-hydroxylation sites is 2. The number of carbonyl (C=O) groups is 1. The monoisotopic (exact) mass is 620 g/mol. The van der Waals surface area contributed by atoms with E-state index in [1.165, 1.54) is 12.1 Å². The van der Waals surface area contributed by atoms with Crippen molar-refractivity contribution >= 4 is 41.5 Å². The number of nitrogens with two attached hydrogens (primary N) is 1. The molecule has 2 aromatic heterocycles. The Bertz CT molecular complexity index is 1860. The number of hydrogen-bond acceptors (Lipinski definition) is 9. The molecule has 0 bridgehead atoms. The van der Waals surface area contributed by atoms with Crippen LogP contribution in [0.2, 0.25) is 0 Å². The first-order valence-electron chi connectivity index (χ1n) is 18.4. The van der Waals surface area contributed by atoms with Crippen LogP contribution in [0.4, 0.5) is 5.82 Å². The lowest BCUT2D eigenvalue weighted by molar-refractivity contribution is -0.149. The second-order valence-electron chi connectivity index (χ2n) is 9.59. The van der Waals surface area contributed by atoms with E-state index < -0.39 is 46.4 Å². The minimum absolute atomic E-state index is 0.0157. The number of rotatable bonds is 16. The number of aromatic nitrogens is 3. The van der Waals surface area contributed by atoms with E-state index >= 15 is 0 Å². The number of hydrogen-bond donors (Lipinski definition) is 2. The predicted octanol–water partition coefficient (Wildman–Crippen LogP) is 6.57. The van der Waals surface area contributed by atoms with Crippen LogP contribution in [-0.2, 0) is 30.0 Å². The Morgan fingerprint density at radius 1 is 1.07 bits per heavy atom. The van der Waals surface area contributed by atoms with Crippen LogP contribution in [-0.4, -0.2) is 45.9 Å². The third-order valence-corrected chi connectivity index (χ3v) is 8.04. The van der Waals surface area contributed by atoms with E-state index in [2.05, 4.69) is 10.1 Å². The van der Waals surface area contributed by atoms with E-state index in [0.717, 1.165) is 5.39 Å². The zero-order chi connectivity index (χ0) is 38.5. The lowest BCUT2D eigenvalue weighted by Crippen LogP contribution is -2.36. The third kappa shape index (κ3) is 8.12. The highest BCUT2D eigenvalue weighted by molar-refractivity contribution is 7.52. The average Bonchev–Trinajstić information content (AvgIpc) is 3.44. The molecule has 4 rings (SSSR count). The predicted molar refractivity (Wildman–Crippen MR) is 168 cm³/mol. The van der Waals surface area contributed by atoms with Gasteiger partial charge in [0.25, 0.3) is 0 Å². The quantitative estimate of drug-likeness (QED) is 0.104. The molecule has 3 atom stereocenters. The minimum Gasteiger partial charge on any atom is -0.462 e. The van der Waals surface area contributed by atoms with Gasteiger partial charge in [-0.3, -0.25) is 9.32 Å². The summed E-state index contributed by atoms with van der Waals surface area (Å²) in [6, 6.07) is 12.1. The Balaban J connectivity index is 1.71. The number of pyridine rings is 1. The first-order chi connectivity index (χ1) is 24.3. The molecule has 2 aromatic carbocycles. The number of nitrogen functional groups attached to an aromatic ring is 1. The van der Waals surface area contributed by atoms with Crippen LogP contribution in [0.15, 0.2) is 54.6 Å². The molecule has 0 unspecified atom stereocenters. The SMILES string of the molecule is [2H]C([2H])([2H])C(OC(=O)[C@@H](N[P@](=O)(OCC[C@@H](CCC)n1c(COCC)nc2c(N)nc3ccccc3c21)Oc1ccccc1)C([2H])([2H])[2H])C([2H])([2H])[2H]. The molecule has 0 aliphatic rings. The fourth-order valence-electron chi connectivity index (χ4n) is 4.71. The molecule has 0 radical (unpaired) electrons. The molecule has 0 fully saturated rings. The minimum atomic E-state index is -4.82. The van der Waals surface area contributed by atoms with E-state index in [-0.39, 0.29) is 37.2 Å². The standard InChI is InChI=1S/C31H42N5O6P/c1-6-13-23(36-27(20-39-7-2)34-28-29(36)25-16-11-12-17-26(25)33-30(28)32)18-19-40-43(38,42-24-14-9-8-10-15-24)35-22(5)31(37)41-21(3)4/h8-12,14-17,21-23H,6-7,13,18-20H2,1-5H3,(H2,32,33)(H,35,38)/t22-,23+,43-/m0/s1/i3D3,4D3,5D3. The molecule has 11 nitrogen and oxygen atoms in total. The van der Waals surface area contributed by atoms with Crippen molar-refractivity contribution < 1.29 is 40.2 Å². The number of imidazole rings is 1. The van der Waals surface area contributed by atoms with Crippen molar-refractivity contribution in [2.75, 3.05) is 18.9 Å². The van der Waals surface area contributed by atoms with Crippen LogP contribution in [0.3, 0.4) is 0 Å². The van der Waals surface area contributed by atoms with Crippen molar-refractivity contribution in [2.24, 2.45) is 0 Å². The number of ether oxygens (including phenoxy) is 2. The van der Waals surface area contributed by atoms with Gasteiger partial charge in [-0.2, -0.15) is 5.09 Å². The van der Waals surface area contributed by atoms with Gasteiger partial charge in [-0.1, -0.05) is 49.7 Å². The van der Waals surface area contributed by atoms with E-state index in [0.29, 0.717) is 41.8 Å². The molecular formula is C31H42N5O6P. The molecule has 2 heterocycles. The summed E-state index contributed by atoms with van der Waals surface area (Å²) in [5, 5.41) is 2.90. The molecule has 0 aliphatic heterocycles. The summed E-state index contributed by atoms with van der Waals surface area (Å²) in [6.07, 6.45) is -1.21. The van der Waals surface area contributed by atoms with Crippen molar-refractivity contribution in [1.29, 1.82) is 0 Å². The molecule has 0 amide bonds. The highest BCUT2D eigenvalue weighted by Crippen LogP contribution is 2.45. The maximum Gasteiger partial charge on any atom is 0.459 e. The van der Waals surface area contributed by atoms with Crippen LogP contribution in [0.1, 0.15) is 77.9 Å². The third-order valence-electron chi connectivity index (χ3n) is 6.49. The molecule has 0 saturated heterocycles. The van der Waals surface area contributed by atoms with Crippen LogP contribution < -0.4 is 15.3 Å². The summed E-state index contributed by atoms with van der Waals surface area (Å²) in [6.45, 7) is -5.92. The fraction of sp³-hybridized carbons (Fsp3) is 0.452. The topological polar surface area (TPSA) is 140 Å². The fourth-order valence-corrected chi connectivity index (χ4v) is 6.05. The van der Waals surface area contributed by atoms with Crippen molar-refractivity contribution in [2.45, 2.75) is 78.5 Å². The first kappa shape index (κ1) is 22.1. The Kier molecular flexibility index (Phi) is 7.59. The van der Waals surface area contributed by atoms with Crippen LogP contribution in [0.25, 0.3) is 21.9 Å². The van der Waals surface area contributed by atoms with E-state index in [4.69, 9.17) is 41.6 Å². The van der Waals surface area contributed by atoms with Crippen LogP contribution in [0.5, 0.6) is 5.75 Å².